The van der Waals surface area contributed by atoms with Crippen molar-refractivity contribution in [3.05, 3.63) is 89.5 Å². The maximum absolute atomic E-state index is 12.8. The molecule has 7 heteroatoms. The molecule has 3 aromatic carbocycles. The Morgan fingerprint density at radius 3 is 2.35 bits per heavy atom. The highest BCUT2D eigenvalue weighted by atomic mass is 32.2. The summed E-state index contributed by atoms with van der Waals surface area (Å²) in [5, 5.41) is 2.98. The van der Waals surface area contributed by atoms with Crippen LogP contribution in [0.1, 0.15) is 40.9 Å². The SMILES string of the molecule is CC[C@H](NC(=O)c1cccc(S(=O)(=O)Nc2cccc(C)c2)c1)c1ccc(OC)cc1. The van der Waals surface area contributed by atoms with Crippen molar-refractivity contribution in [3.63, 3.8) is 0 Å². The second kappa shape index (κ2) is 9.66. The average molecular weight is 439 g/mol. The minimum atomic E-state index is -3.82. The third kappa shape index (κ3) is 5.64. The van der Waals surface area contributed by atoms with Crippen molar-refractivity contribution >= 4 is 21.6 Å². The first-order valence-electron chi connectivity index (χ1n) is 9.96. The van der Waals surface area contributed by atoms with Gasteiger partial charge in [0, 0.05) is 11.3 Å². The number of aryl methyl sites for hydroxylation is 1. The third-order valence-corrected chi connectivity index (χ3v) is 6.29. The highest BCUT2D eigenvalue weighted by Gasteiger charge is 2.19. The topological polar surface area (TPSA) is 84.5 Å². The summed E-state index contributed by atoms with van der Waals surface area (Å²) in [5.41, 5.74) is 2.64. The summed E-state index contributed by atoms with van der Waals surface area (Å²) in [7, 11) is -2.22. The van der Waals surface area contributed by atoms with Crippen molar-refractivity contribution in [1.82, 2.24) is 5.32 Å². The van der Waals surface area contributed by atoms with E-state index in [1.54, 1.807) is 37.4 Å². The van der Waals surface area contributed by atoms with E-state index in [-0.39, 0.29) is 22.4 Å². The molecule has 0 aliphatic heterocycles. The molecule has 2 N–H and O–H groups in total. The van der Waals surface area contributed by atoms with Crippen LogP contribution in [0.3, 0.4) is 0 Å². The van der Waals surface area contributed by atoms with Crippen LogP contribution in [0, 0.1) is 6.92 Å². The van der Waals surface area contributed by atoms with Crippen molar-refractivity contribution < 1.29 is 17.9 Å². The molecule has 0 aliphatic carbocycles. The number of carbonyl (C=O) groups excluding carboxylic acids is 1. The van der Waals surface area contributed by atoms with Crippen molar-refractivity contribution in [1.29, 1.82) is 0 Å². The molecule has 0 saturated heterocycles. The number of hydrogen-bond donors (Lipinski definition) is 2. The van der Waals surface area contributed by atoms with Crippen LogP contribution < -0.4 is 14.8 Å². The Morgan fingerprint density at radius 2 is 1.71 bits per heavy atom. The van der Waals surface area contributed by atoms with E-state index in [0.717, 1.165) is 16.9 Å². The zero-order chi connectivity index (χ0) is 22.4. The van der Waals surface area contributed by atoms with Crippen LogP contribution in [0.25, 0.3) is 0 Å². The van der Waals surface area contributed by atoms with Gasteiger partial charge in [-0.3, -0.25) is 9.52 Å². The minimum absolute atomic E-state index is 0.0270. The molecule has 3 rings (SSSR count). The van der Waals surface area contributed by atoms with E-state index in [1.807, 2.05) is 44.2 Å². The summed E-state index contributed by atoms with van der Waals surface area (Å²) in [6, 6.07) is 20.4. The van der Waals surface area contributed by atoms with Crippen molar-refractivity contribution in [2.75, 3.05) is 11.8 Å². The molecule has 1 amide bonds. The first-order chi connectivity index (χ1) is 14.8. The van der Waals surface area contributed by atoms with Crippen molar-refractivity contribution in [2.24, 2.45) is 0 Å². The first-order valence-corrected chi connectivity index (χ1v) is 11.4. The monoisotopic (exact) mass is 438 g/mol. The van der Waals surface area contributed by atoms with Gasteiger partial charge < -0.3 is 10.1 Å². The molecule has 162 valence electrons. The predicted octanol–water partition coefficient (Wildman–Crippen LogP) is 4.69. The van der Waals surface area contributed by atoms with E-state index >= 15 is 0 Å². The molecular weight excluding hydrogens is 412 g/mol. The van der Waals surface area contributed by atoms with Crippen molar-refractivity contribution in [2.45, 2.75) is 31.2 Å². The molecule has 0 aliphatic rings. The van der Waals surface area contributed by atoms with Gasteiger partial charge in [0.05, 0.1) is 18.0 Å². The van der Waals surface area contributed by atoms with Gasteiger partial charge in [0.2, 0.25) is 0 Å². The quantitative estimate of drug-likeness (QED) is 0.535. The van der Waals surface area contributed by atoms with Crippen LogP contribution in [-0.2, 0) is 10.0 Å². The number of carbonyl (C=O) groups is 1. The fourth-order valence-corrected chi connectivity index (χ4v) is 4.32. The summed E-state index contributed by atoms with van der Waals surface area (Å²) < 4.78 is 33.3. The Balaban J connectivity index is 1.78. The van der Waals surface area contributed by atoms with Gasteiger partial charge in [-0.05, 0) is 66.9 Å². The number of methoxy groups -OCH3 is 1. The lowest BCUT2D eigenvalue weighted by Gasteiger charge is -2.18. The standard InChI is InChI=1S/C24H26N2O4S/c1-4-23(18-11-13-21(30-3)14-12-18)25-24(27)19-8-6-10-22(16-19)31(28,29)26-20-9-5-7-17(2)15-20/h5-16,23,26H,4H2,1-3H3,(H,25,27)/t23-/m0/s1. The largest absolute Gasteiger partial charge is 0.497 e. The molecule has 0 aromatic heterocycles. The molecule has 0 bridgehead atoms. The number of amides is 1. The maximum Gasteiger partial charge on any atom is 0.261 e. The minimum Gasteiger partial charge on any atom is -0.497 e. The highest BCUT2D eigenvalue weighted by Crippen LogP contribution is 2.22. The zero-order valence-electron chi connectivity index (χ0n) is 17.8. The molecule has 0 heterocycles. The van der Waals surface area contributed by atoms with Gasteiger partial charge >= 0.3 is 0 Å². The van der Waals surface area contributed by atoms with Crippen LogP contribution in [0.2, 0.25) is 0 Å². The summed E-state index contributed by atoms with van der Waals surface area (Å²) in [4.78, 5) is 12.9. The number of sulfonamides is 1. The van der Waals surface area contributed by atoms with Gasteiger partial charge in [-0.25, -0.2) is 8.42 Å². The molecule has 0 spiro atoms. The van der Waals surface area contributed by atoms with Crippen LogP contribution >= 0.6 is 0 Å². The Hall–Kier alpha value is -3.32. The lowest BCUT2D eigenvalue weighted by atomic mass is 10.0. The molecule has 0 saturated carbocycles. The van der Waals surface area contributed by atoms with Gasteiger partial charge in [0.25, 0.3) is 15.9 Å². The number of nitrogens with one attached hydrogen (secondary N) is 2. The summed E-state index contributed by atoms with van der Waals surface area (Å²) in [6.07, 6.45) is 0.685. The van der Waals surface area contributed by atoms with E-state index in [9.17, 15) is 13.2 Å². The van der Waals surface area contributed by atoms with Crippen molar-refractivity contribution in [3.8, 4) is 5.75 Å². The number of benzene rings is 3. The molecule has 3 aromatic rings. The Kier molecular flexibility index (Phi) is 6.97. The second-order valence-electron chi connectivity index (χ2n) is 7.21. The van der Waals surface area contributed by atoms with Gasteiger partial charge in [-0.1, -0.05) is 37.3 Å². The van der Waals surface area contributed by atoms with E-state index in [4.69, 9.17) is 4.74 Å². The Labute approximate surface area is 183 Å². The van der Waals surface area contributed by atoms with Crippen LogP contribution in [0.4, 0.5) is 5.69 Å². The molecule has 0 unspecified atom stereocenters. The fraction of sp³-hybridized carbons (Fsp3) is 0.208. The van der Waals surface area contributed by atoms with E-state index in [2.05, 4.69) is 10.0 Å². The molecule has 31 heavy (non-hydrogen) atoms. The number of hydrogen-bond acceptors (Lipinski definition) is 4. The molecular formula is C24H26N2O4S. The van der Waals surface area contributed by atoms with Gasteiger partial charge in [-0.2, -0.15) is 0 Å². The number of anilines is 1. The smallest absolute Gasteiger partial charge is 0.261 e. The first kappa shape index (κ1) is 22.4. The molecule has 0 fully saturated rings. The van der Waals surface area contributed by atoms with E-state index in [1.165, 1.54) is 12.1 Å². The number of rotatable bonds is 8. The number of ether oxygens (including phenoxy) is 1. The Bertz CT molecular complexity index is 1160. The lowest BCUT2D eigenvalue weighted by molar-refractivity contribution is 0.0935. The fourth-order valence-electron chi connectivity index (χ4n) is 3.23. The third-order valence-electron chi connectivity index (χ3n) is 4.91. The normalized spacial score (nSPS) is 12.1. The molecule has 1 atom stereocenters. The van der Waals surface area contributed by atoms with Gasteiger partial charge in [0.1, 0.15) is 5.75 Å². The Morgan fingerprint density at radius 1 is 1.00 bits per heavy atom. The highest BCUT2D eigenvalue weighted by molar-refractivity contribution is 7.92. The van der Waals surface area contributed by atoms with E-state index < -0.39 is 10.0 Å². The maximum atomic E-state index is 12.8. The second-order valence-corrected chi connectivity index (χ2v) is 8.89. The van der Waals surface area contributed by atoms with Gasteiger partial charge in [0.15, 0.2) is 0 Å². The zero-order valence-corrected chi connectivity index (χ0v) is 18.6. The van der Waals surface area contributed by atoms with E-state index in [0.29, 0.717) is 12.1 Å². The summed E-state index contributed by atoms with van der Waals surface area (Å²) in [5.74, 6) is 0.402. The molecule has 6 nitrogen and oxygen atoms in total. The summed E-state index contributed by atoms with van der Waals surface area (Å²) >= 11 is 0. The summed E-state index contributed by atoms with van der Waals surface area (Å²) in [6.45, 7) is 3.86. The average Bonchev–Trinajstić information content (AvgIpc) is 2.77. The van der Waals surface area contributed by atoms with Crippen LogP contribution in [-0.4, -0.2) is 21.4 Å². The van der Waals surface area contributed by atoms with Crippen LogP contribution in [0.5, 0.6) is 5.75 Å². The lowest BCUT2D eigenvalue weighted by Crippen LogP contribution is -2.28. The van der Waals surface area contributed by atoms with Crippen LogP contribution in [0.15, 0.2) is 77.7 Å². The molecule has 0 radical (unpaired) electrons. The predicted molar refractivity (Wildman–Crippen MR) is 122 cm³/mol. The van der Waals surface area contributed by atoms with Gasteiger partial charge in [-0.15, -0.1) is 0 Å².